The van der Waals surface area contributed by atoms with Crippen molar-refractivity contribution in [3.05, 3.63) is 66.5 Å². The Hall–Kier alpha value is -3.52. The number of hydrogen-bond acceptors (Lipinski definition) is 6. The van der Waals surface area contributed by atoms with E-state index in [2.05, 4.69) is 20.4 Å². The van der Waals surface area contributed by atoms with Crippen molar-refractivity contribution in [2.45, 2.75) is 0 Å². The molecule has 0 saturated carbocycles. The molecule has 1 aromatic heterocycles. The lowest BCUT2D eigenvalue weighted by Gasteiger charge is -2.27. The molecule has 30 heavy (non-hydrogen) atoms. The van der Waals surface area contributed by atoms with E-state index >= 15 is 0 Å². The van der Waals surface area contributed by atoms with Gasteiger partial charge in [0, 0.05) is 24.3 Å². The van der Waals surface area contributed by atoms with Crippen LogP contribution in [0.15, 0.2) is 60.7 Å². The van der Waals surface area contributed by atoms with Crippen LogP contribution in [0.2, 0.25) is 0 Å². The number of aromatic nitrogens is 2. The highest BCUT2D eigenvalue weighted by molar-refractivity contribution is 5.92. The lowest BCUT2D eigenvalue weighted by Crippen LogP contribution is -2.36. The third-order valence-electron chi connectivity index (χ3n) is 4.63. The molecule has 0 bridgehead atoms. The first kappa shape index (κ1) is 19.8. The number of nitrogens with one attached hydrogen (secondary N) is 1. The summed E-state index contributed by atoms with van der Waals surface area (Å²) >= 11 is 0. The zero-order chi connectivity index (χ0) is 20.8. The van der Waals surface area contributed by atoms with Gasteiger partial charge < -0.3 is 19.7 Å². The fraction of sp³-hybridized carbons (Fsp3) is 0.227. The Morgan fingerprint density at radius 2 is 1.73 bits per heavy atom. The molecule has 2 aromatic carbocycles. The number of nitrogens with zero attached hydrogens (tertiary/aromatic N) is 3. The van der Waals surface area contributed by atoms with Gasteiger partial charge in [0.2, 0.25) is 0 Å². The summed E-state index contributed by atoms with van der Waals surface area (Å²) in [5.41, 5.74) is 2.30. The van der Waals surface area contributed by atoms with Crippen molar-refractivity contribution in [2.75, 3.05) is 43.1 Å². The first-order valence-corrected chi connectivity index (χ1v) is 9.62. The van der Waals surface area contributed by atoms with Crippen LogP contribution in [0.3, 0.4) is 0 Å². The second-order valence-corrected chi connectivity index (χ2v) is 6.74. The minimum absolute atomic E-state index is 0.165. The van der Waals surface area contributed by atoms with Gasteiger partial charge in [0.15, 0.2) is 12.4 Å². The summed E-state index contributed by atoms with van der Waals surface area (Å²) < 4.78 is 23.6. The molecule has 2 heterocycles. The van der Waals surface area contributed by atoms with Gasteiger partial charge in [-0.2, -0.15) is 0 Å². The second kappa shape index (κ2) is 9.32. The number of rotatable bonds is 6. The monoisotopic (exact) mass is 408 g/mol. The van der Waals surface area contributed by atoms with Gasteiger partial charge in [-0.3, -0.25) is 4.79 Å². The molecule has 3 aromatic rings. The van der Waals surface area contributed by atoms with Gasteiger partial charge in [0.25, 0.3) is 5.91 Å². The minimum atomic E-state index is -0.354. The van der Waals surface area contributed by atoms with Crippen LogP contribution in [-0.2, 0) is 9.53 Å². The SMILES string of the molecule is O=C(COc1ccc(F)cc1)Nc1ccc(-c2ccc(N3CCOCC3)nn2)cc1. The van der Waals surface area contributed by atoms with E-state index in [0.717, 1.165) is 30.2 Å². The van der Waals surface area contributed by atoms with Crippen LogP contribution in [0.25, 0.3) is 11.3 Å². The number of ether oxygens (including phenoxy) is 2. The summed E-state index contributed by atoms with van der Waals surface area (Å²) in [6.07, 6.45) is 0. The largest absolute Gasteiger partial charge is 0.484 e. The predicted octanol–water partition coefficient (Wildman–Crippen LogP) is 3.14. The first-order chi connectivity index (χ1) is 14.7. The third-order valence-corrected chi connectivity index (χ3v) is 4.63. The standard InChI is InChI=1S/C22H21FN4O3/c23-17-3-7-19(8-4-17)30-15-22(28)24-18-5-1-16(2-6-18)20-9-10-21(26-25-20)27-11-13-29-14-12-27/h1-10H,11-15H2,(H,24,28). The Labute approximate surface area is 173 Å². The molecule has 7 nitrogen and oxygen atoms in total. The average Bonchev–Trinajstić information content (AvgIpc) is 2.80. The predicted molar refractivity (Wildman–Crippen MR) is 111 cm³/mol. The van der Waals surface area contributed by atoms with E-state index in [-0.39, 0.29) is 18.3 Å². The third kappa shape index (κ3) is 5.09. The van der Waals surface area contributed by atoms with Crippen LogP contribution in [0, 0.1) is 5.82 Å². The van der Waals surface area contributed by atoms with E-state index < -0.39 is 0 Å². The summed E-state index contributed by atoms with van der Waals surface area (Å²) in [5, 5.41) is 11.4. The fourth-order valence-electron chi connectivity index (χ4n) is 3.04. The van der Waals surface area contributed by atoms with E-state index in [9.17, 15) is 9.18 Å². The van der Waals surface area contributed by atoms with Crippen molar-refractivity contribution in [1.29, 1.82) is 0 Å². The fourth-order valence-corrected chi connectivity index (χ4v) is 3.04. The number of anilines is 2. The van der Waals surface area contributed by atoms with E-state index in [1.165, 1.54) is 24.3 Å². The molecule has 0 unspecified atom stereocenters. The van der Waals surface area contributed by atoms with Crippen LogP contribution in [0.5, 0.6) is 5.75 Å². The number of hydrogen-bond donors (Lipinski definition) is 1. The molecule has 1 amide bonds. The number of benzene rings is 2. The van der Waals surface area contributed by atoms with Crippen molar-refractivity contribution in [2.24, 2.45) is 0 Å². The maximum Gasteiger partial charge on any atom is 0.262 e. The number of amides is 1. The lowest BCUT2D eigenvalue weighted by atomic mass is 10.1. The molecule has 1 fully saturated rings. The zero-order valence-electron chi connectivity index (χ0n) is 16.3. The molecular weight excluding hydrogens is 387 g/mol. The molecule has 4 rings (SSSR count). The van der Waals surface area contributed by atoms with Gasteiger partial charge in [-0.1, -0.05) is 12.1 Å². The van der Waals surface area contributed by atoms with Crippen LogP contribution in [-0.4, -0.2) is 49.0 Å². The van der Waals surface area contributed by atoms with Crippen molar-refractivity contribution < 1.29 is 18.7 Å². The van der Waals surface area contributed by atoms with Gasteiger partial charge in [-0.15, -0.1) is 10.2 Å². The molecule has 0 radical (unpaired) electrons. The van der Waals surface area contributed by atoms with E-state index in [1.807, 2.05) is 24.3 Å². The Morgan fingerprint density at radius 1 is 1.00 bits per heavy atom. The Bertz CT molecular complexity index is 973. The van der Waals surface area contributed by atoms with E-state index in [4.69, 9.17) is 9.47 Å². The summed E-state index contributed by atoms with van der Waals surface area (Å²) in [7, 11) is 0. The molecule has 0 spiro atoms. The highest BCUT2D eigenvalue weighted by atomic mass is 19.1. The summed E-state index contributed by atoms with van der Waals surface area (Å²) in [5.74, 6) is 0.613. The van der Waals surface area contributed by atoms with Crippen molar-refractivity contribution >= 4 is 17.4 Å². The molecule has 0 atom stereocenters. The normalized spacial score (nSPS) is 13.7. The highest BCUT2D eigenvalue weighted by Crippen LogP contribution is 2.21. The molecule has 0 aliphatic carbocycles. The average molecular weight is 408 g/mol. The van der Waals surface area contributed by atoms with Gasteiger partial charge in [-0.05, 0) is 48.5 Å². The molecule has 8 heteroatoms. The van der Waals surface area contributed by atoms with Crippen LogP contribution < -0.4 is 15.0 Å². The highest BCUT2D eigenvalue weighted by Gasteiger charge is 2.13. The Morgan fingerprint density at radius 3 is 2.40 bits per heavy atom. The lowest BCUT2D eigenvalue weighted by molar-refractivity contribution is -0.118. The van der Waals surface area contributed by atoms with Crippen molar-refractivity contribution in [3.63, 3.8) is 0 Å². The summed E-state index contributed by atoms with van der Waals surface area (Å²) in [4.78, 5) is 14.2. The van der Waals surface area contributed by atoms with Gasteiger partial charge in [-0.25, -0.2) is 4.39 Å². The Balaban J connectivity index is 1.32. The number of halogens is 1. The van der Waals surface area contributed by atoms with Crippen LogP contribution in [0.4, 0.5) is 15.9 Å². The topological polar surface area (TPSA) is 76.6 Å². The van der Waals surface area contributed by atoms with Gasteiger partial charge in [0.05, 0.1) is 18.9 Å². The minimum Gasteiger partial charge on any atom is -0.484 e. The number of carbonyl (C=O) groups excluding carboxylic acids is 1. The molecule has 1 aliphatic rings. The number of morpholine rings is 1. The molecular formula is C22H21FN4O3. The summed E-state index contributed by atoms with van der Waals surface area (Å²) in [6.45, 7) is 2.86. The zero-order valence-corrected chi connectivity index (χ0v) is 16.3. The first-order valence-electron chi connectivity index (χ1n) is 9.62. The Kier molecular flexibility index (Phi) is 6.14. The maximum atomic E-state index is 12.9. The molecule has 1 saturated heterocycles. The smallest absolute Gasteiger partial charge is 0.262 e. The van der Waals surface area contributed by atoms with E-state index in [1.54, 1.807) is 12.1 Å². The quantitative estimate of drug-likeness (QED) is 0.675. The summed E-state index contributed by atoms with van der Waals surface area (Å²) in [6, 6.07) is 16.7. The number of carbonyl (C=O) groups is 1. The van der Waals surface area contributed by atoms with Crippen LogP contribution >= 0.6 is 0 Å². The van der Waals surface area contributed by atoms with Crippen molar-refractivity contribution in [3.8, 4) is 17.0 Å². The van der Waals surface area contributed by atoms with Gasteiger partial charge in [0.1, 0.15) is 11.6 Å². The van der Waals surface area contributed by atoms with E-state index in [0.29, 0.717) is 24.7 Å². The molecule has 1 aliphatic heterocycles. The van der Waals surface area contributed by atoms with Crippen LogP contribution in [0.1, 0.15) is 0 Å². The molecule has 154 valence electrons. The maximum absolute atomic E-state index is 12.9. The van der Waals surface area contributed by atoms with Gasteiger partial charge >= 0.3 is 0 Å². The van der Waals surface area contributed by atoms with Crippen molar-refractivity contribution in [1.82, 2.24) is 10.2 Å². The molecule has 1 N–H and O–H groups in total. The second-order valence-electron chi connectivity index (χ2n) is 6.74.